The van der Waals surface area contributed by atoms with Crippen LogP contribution < -0.4 is 21.3 Å². The molecule has 0 spiro atoms. The summed E-state index contributed by atoms with van der Waals surface area (Å²) in [4.78, 5) is 13.5. The van der Waals surface area contributed by atoms with Crippen LogP contribution in [0.3, 0.4) is 0 Å². The Morgan fingerprint density at radius 3 is 2.54 bits per heavy atom. The standard InChI is InChI=1S/C19H24N2O.CH4N2O/c1-13(2)17-7-5-9-19(21-17)22-12-16-15(14-10-11-14)6-4-8-18(16)20-3;2-3-1-4/h4-9,13-14,20H,10-12H2,1-3H3;1H,2H2,(H,3,4). The number of rotatable bonds is 7. The van der Waals surface area contributed by atoms with E-state index < -0.39 is 0 Å². The summed E-state index contributed by atoms with van der Waals surface area (Å²) in [6, 6.07) is 12.5. The molecule has 1 heterocycles. The molecular weight excluding hydrogens is 328 g/mol. The molecule has 1 fully saturated rings. The summed E-state index contributed by atoms with van der Waals surface area (Å²) in [5, 5.41) is 3.28. The maximum absolute atomic E-state index is 8.94. The summed E-state index contributed by atoms with van der Waals surface area (Å²) in [5.41, 5.74) is 6.67. The van der Waals surface area contributed by atoms with Gasteiger partial charge in [0.05, 0.1) is 0 Å². The summed E-state index contributed by atoms with van der Waals surface area (Å²) in [6.45, 7) is 4.86. The number of nitrogens with one attached hydrogen (secondary N) is 2. The lowest BCUT2D eigenvalue weighted by Crippen LogP contribution is -2.18. The summed E-state index contributed by atoms with van der Waals surface area (Å²) in [7, 11) is 1.97. The zero-order valence-corrected chi connectivity index (χ0v) is 15.7. The largest absolute Gasteiger partial charge is 0.473 e. The van der Waals surface area contributed by atoms with Gasteiger partial charge in [0.2, 0.25) is 12.3 Å². The smallest absolute Gasteiger partial charge is 0.221 e. The number of aromatic nitrogens is 1. The van der Waals surface area contributed by atoms with Crippen LogP contribution in [0.25, 0.3) is 0 Å². The van der Waals surface area contributed by atoms with Crippen molar-refractivity contribution < 1.29 is 9.53 Å². The number of nitrogens with two attached hydrogens (primary N) is 1. The molecule has 2 aromatic rings. The van der Waals surface area contributed by atoms with E-state index in [9.17, 15) is 0 Å². The van der Waals surface area contributed by atoms with Crippen LogP contribution in [0.4, 0.5) is 5.69 Å². The molecule has 140 valence electrons. The third-order valence-corrected chi connectivity index (χ3v) is 4.27. The Bertz CT molecular complexity index is 715. The summed E-state index contributed by atoms with van der Waals surface area (Å²) in [5.74, 6) is 6.24. The van der Waals surface area contributed by atoms with Gasteiger partial charge in [0.1, 0.15) is 6.61 Å². The highest BCUT2D eigenvalue weighted by Crippen LogP contribution is 2.43. The average molecular weight is 356 g/mol. The van der Waals surface area contributed by atoms with Gasteiger partial charge in [-0.2, -0.15) is 0 Å². The molecule has 0 radical (unpaired) electrons. The van der Waals surface area contributed by atoms with Crippen LogP contribution in [0.1, 0.15) is 55.3 Å². The minimum Gasteiger partial charge on any atom is -0.473 e. The third kappa shape index (κ3) is 5.46. The van der Waals surface area contributed by atoms with Crippen molar-refractivity contribution in [3.63, 3.8) is 0 Å². The van der Waals surface area contributed by atoms with Crippen molar-refractivity contribution in [2.75, 3.05) is 12.4 Å². The molecule has 0 bridgehead atoms. The Morgan fingerprint density at radius 1 is 1.27 bits per heavy atom. The summed E-state index contributed by atoms with van der Waals surface area (Å²) in [6.07, 6.45) is 2.99. The topological polar surface area (TPSA) is 89.3 Å². The second-order valence-electron chi connectivity index (χ2n) is 6.53. The van der Waals surface area contributed by atoms with Crippen molar-refractivity contribution in [3.8, 4) is 5.88 Å². The van der Waals surface area contributed by atoms with Gasteiger partial charge in [-0.05, 0) is 42.4 Å². The van der Waals surface area contributed by atoms with Crippen LogP contribution in [0.15, 0.2) is 36.4 Å². The van der Waals surface area contributed by atoms with Crippen LogP contribution in [-0.4, -0.2) is 18.4 Å². The Kier molecular flexibility index (Phi) is 7.41. The summed E-state index contributed by atoms with van der Waals surface area (Å²) < 4.78 is 5.99. The first kappa shape index (κ1) is 19.7. The number of hydrogen-bond donors (Lipinski definition) is 3. The van der Waals surface area contributed by atoms with Gasteiger partial charge in [-0.1, -0.05) is 32.0 Å². The van der Waals surface area contributed by atoms with Crippen LogP contribution in [-0.2, 0) is 11.4 Å². The molecule has 6 nitrogen and oxygen atoms in total. The van der Waals surface area contributed by atoms with Gasteiger partial charge in [0.15, 0.2) is 0 Å². The lowest BCUT2D eigenvalue weighted by atomic mass is 10.0. The number of hydrogen-bond acceptors (Lipinski definition) is 5. The Hall–Kier alpha value is -2.60. The van der Waals surface area contributed by atoms with Crippen LogP contribution >= 0.6 is 0 Å². The van der Waals surface area contributed by atoms with E-state index in [2.05, 4.69) is 54.3 Å². The molecule has 3 rings (SSSR count). The number of pyridine rings is 1. The molecule has 1 amide bonds. The van der Waals surface area contributed by atoms with Gasteiger partial charge in [0.25, 0.3) is 0 Å². The molecule has 1 saturated carbocycles. The molecule has 1 aliphatic rings. The van der Waals surface area contributed by atoms with Crippen molar-refractivity contribution in [2.45, 2.75) is 45.1 Å². The van der Waals surface area contributed by atoms with Gasteiger partial charge in [-0.25, -0.2) is 10.8 Å². The number of amides is 1. The van der Waals surface area contributed by atoms with E-state index in [1.807, 2.05) is 19.2 Å². The minimum atomic E-state index is 0.403. The normalized spacial score (nSPS) is 12.8. The molecule has 4 N–H and O–H groups in total. The fourth-order valence-corrected chi connectivity index (χ4v) is 2.76. The highest BCUT2D eigenvalue weighted by Gasteiger charge is 2.27. The number of benzene rings is 1. The van der Waals surface area contributed by atoms with Crippen molar-refractivity contribution in [3.05, 3.63) is 53.2 Å². The van der Waals surface area contributed by atoms with E-state index >= 15 is 0 Å². The second kappa shape index (κ2) is 9.77. The Labute approximate surface area is 155 Å². The number of anilines is 1. The maximum atomic E-state index is 8.94. The fraction of sp³-hybridized carbons (Fsp3) is 0.400. The van der Waals surface area contributed by atoms with Crippen molar-refractivity contribution >= 4 is 12.1 Å². The molecule has 1 aromatic heterocycles. The Morgan fingerprint density at radius 2 is 1.96 bits per heavy atom. The molecular formula is C20H28N4O2. The van der Waals surface area contributed by atoms with Gasteiger partial charge in [0, 0.05) is 30.1 Å². The van der Waals surface area contributed by atoms with Crippen molar-refractivity contribution in [1.29, 1.82) is 0 Å². The molecule has 26 heavy (non-hydrogen) atoms. The number of carbonyl (C=O) groups excluding carboxylic acids is 1. The highest BCUT2D eigenvalue weighted by molar-refractivity contribution is 5.55. The Balaban J connectivity index is 0.000000552. The van der Waals surface area contributed by atoms with E-state index in [1.54, 1.807) is 5.43 Å². The number of nitrogens with zero attached hydrogens (tertiary/aromatic N) is 1. The van der Waals surface area contributed by atoms with Crippen LogP contribution in [0, 0.1) is 0 Å². The van der Waals surface area contributed by atoms with E-state index in [1.165, 1.54) is 24.0 Å². The quantitative estimate of drug-likeness (QED) is 0.306. The fourth-order valence-electron chi connectivity index (χ4n) is 2.76. The van der Waals surface area contributed by atoms with Gasteiger partial charge in [-0.3, -0.25) is 10.2 Å². The minimum absolute atomic E-state index is 0.403. The molecule has 6 heteroatoms. The average Bonchev–Trinajstić information content (AvgIpc) is 3.51. The van der Waals surface area contributed by atoms with E-state index in [4.69, 9.17) is 9.53 Å². The second-order valence-corrected chi connectivity index (χ2v) is 6.53. The van der Waals surface area contributed by atoms with Crippen molar-refractivity contribution in [2.24, 2.45) is 5.84 Å². The van der Waals surface area contributed by atoms with E-state index in [-0.39, 0.29) is 0 Å². The van der Waals surface area contributed by atoms with Gasteiger partial charge >= 0.3 is 0 Å². The molecule has 0 saturated heterocycles. The SMILES string of the molecule is CNc1cccc(C2CC2)c1COc1cccc(C(C)C)n1.NNC=O. The third-order valence-electron chi connectivity index (χ3n) is 4.27. The predicted octanol–water partition coefficient (Wildman–Crippen LogP) is 3.31. The van der Waals surface area contributed by atoms with Gasteiger partial charge in [-0.15, -0.1) is 0 Å². The van der Waals surface area contributed by atoms with Crippen molar-refractivity contribution in [1.82, 2.24) is 10.4 Å². The molecule has 1 aliphatic carbocycles. The zero-order chi connectivity index (χ0) is 18.9. The molecule has 0 unspecified atom stereocenters. The number of ether oxygens (including phenoxy) is 1. The van der Waals surface area contributed by atoms with E-state index in [0.717, 1.165) is 11.4 Å². The number of carbonyl (C=O) groups is 1. The van der Waals surface area contributed by atoms with E-state index in [0.29, 0.717) is 30.7 Å². The monoisotopic (exact) mass is 356 g/mol. The maximum Gasteiger partial charge on any atom is 0.221 e. The lowest BCUT2D eigenvalue weighted by Gasteiger charge is -2.15. The van der Waals surface area contributed by atoms with Crippen LogP contribution in [0.5, 0.6) is 5.88 Å². The first-order valence-electron chi connectivity index (χ1n) is 8.89. The summed E-state index contributed by atoms with van der Waals surface area (Å²) >= 11 is 0. The first-order valence-corrected chi connectivity index (χ1v) is 8.89. The number of hydrazine groups is 1. The molecule has 0 atom stereocenters. The molecule has 0 aliphatic heterocycles. The predicted molar refractivity (Wildman–Crippen MR) is 104 cm³/mol. The van der Waals surface area contributed by atoms with Gasteiger partial charge < -0.3 is 10.1 Å². The zero-order valence-electron chi connectivity index (χ0n) is 15.7. The molecule has 1 aromatic carbocycles. The lowest BCUT2D eigenvalue weighted by molar-refractivity contribution is -0.109. The highest BCUT2D eigenvalue weighted by atomic mass is 16.5. The first-order chi connectivity index (χ1) is 12.6. The van der Waals surface area contributed by atoms with Crippen LogP contribution in [0.2, 0.25) is 0 Å².